The van der Waals surface area contributed by atoms with Gasteiger partial charge in [-0.1, -0.05) is 34.8 Å². The van der Waals surface area contributed by atoms with Gasteiger partial charge in [0.1, 0.15) is 17.6 Å². The van der Waals surface area contributed by atoms with Crippen molar-refractivity contribution < 1.29 is 23.9 Å². The van der Waals surface area contributed by atoms with Crippen molar-refractivity contribution in [3.63, 3.8) is 0 Å². The van der Waals surface area contributed by atoms with Gasteiger partial charge in [0, 0.05) is 39.9 Å². The van der Waals surface area contributed by atoms with E-state index in [0.29, 0.717) is 66.7 Å². The number of nitriles is 1. The molecule has 10 nitrogen and oxygen atoms in total. The molecule has 0 aromatic heterocycles. The van der Waals surface area contributed by atoms with Gasteiger partial charge >= 0.3 is 0 Å². The molecule has 4 aromatic carbocycles. The van der Waals surface area contributed by atoms with Crippen LogP contribution in [0.5, 0.6) is 11.5 Å². The molecule has 0 saturated carbocycles. The zero-order valence-corrected chi connectivity index (χ0v) is 33.0. The summed E-state index contributed by atoms with van der Waals surface area (Å²) in [5.41, 5.74) is 6.66. The number of benzene rings is 4. The van der Waals surface area contributed by atoms with Gasteiger partial charge in [0.2, 0.25) is 0 Å². The molecule has 4 aromatic rings. The number of halogens is 3. The lowest BCUT2D eigenvalue weighted by atomic mass is 10.00. The number of nitrogens with zero attached hydrogens (tertiary/aromatic N) is 1. The number of hydrogen-bond donors (Lipinski definition) is 4. The Labute approximate surface area is 330 Å². The molecule has 0 saturated heterocycles. The summed E-state index contributed by atoms with van der Waals surface area (Å²) in [5, 5.41) is 23.3. The number of carbonyl (C=O) groups excluding carboxylic acids is 3. The molecule has 0 unspecified atom stereocenters. The average Bonchev–Trinajstić information content (AvgIpc) is 3.13. The topological polar surface area (TPSA) is 142 Å². The van der Waals surface area contributed by atoms with Crippen LogP contribution in [0.1, 0.15) is 93.5 Å². The third kappa shape index (κ3) is 9.91. The monoisotopic (exact) mass is 789 g/mol. The van der Waals surface area contributed by atoms with Gasteiger partial charge in [-0.3, -0.25) is 14.4 Å². The van der Waals surface area contributed by atoms with Crippen LogP contribution < -0.4 is 30.7 Å². The molecular formula is C41H42Cl3N5O5. The van der Waals surface area contributed by atoms with Crippen molar-refractivity contribution in [2.24, 2.45) is 0 Å². The molecule has 13 heteroatoms. The number of hydrogen-bond acceptors (Lipinski definition) is 8. The molecule has 0 spiro atoms. The van der Waals surface area contributed by atoms with Gasteiger partial charge in [0.25, 0.3) is 11.8 Å². The molecule has 0 bridgehead atoms. The van der Waals surface area contributed by atoms with E-state index in [1.807, 2.05) is 33.8 Å². The molecule has 0 aliphatic carbocycles. The van der Waals surface area contributed by atoms with Crippen molar-refractivity contribution in [1.82, 2.24) is 10.6 Å². The van der Waals surface area contributed by atoms with E-state index in [2.05, 4.69) is 27.3 Å². The molecular weight excluding hydrogens is 749 g/mol. The minimum Gasteiger partial charge on any atom is -0.490 e. The van der Waals surface area contributed by atoms with Gasteiger partial charge in [-0.25, -0.2) is 0 Å². The Morgan fingerprint density at radius 1 is 0.741 bits per heavy atom. The second-order valence-electron chi connectivity index (χ2n) is 13.5. The zero-order chi connectivity index (χ0) is 39.1. The van der Waals surface area contributed by atoms with Crippen molar-refractivity contribution in [3.8, 4) is 17.6 Å². The Bertz CT molecular complexity index is 2130. The summed E-state index contributed by atoms with van der Waals surface area (Å²) in [5.74, 6) is 0.0887. The SMILES string of the molecule is CC(=O)c1cc(C(=O)Nc2cc(Cl)c3c(c2Cl)CNCC3)ccc1OC(C)C.CC(C)Oc1ccc(C(=O)Nc2cc(Cl)c3c(c2)CNCC3)cc1C#N. The first-order valence-corrected chi connectivity index (χ1v) is 18.8. The Morgan fingerprint density at radius 2 is 1.33 bits per heavy atom. The number of anilines is 2. The van der Waals surface area contributed by atoms with Gasteiger partial charge in [0.05, 0.1) is 34.0 Å². The van der Waals surface area contributed by atoms with E-state index in [1.165, 1.54) is 19.1 Å². The lowest BCUT2D eigenvalue weighted by Crippen LogP contribution is -2.25. The number of ether oxygens (including phenoxy) is 2. The van der Waals surface area contributed by atoms with Gasteiger partial charge in [-0.05, 0) is 137 Å². The van der Waals surface area contributed by atoms with Crippen LogP contribution in [0.3, 0.4) is 0 Å². The summed E-state index contributed by atoms with van der Waals surface area (Å²) in [4.78, 5) is 37.3. The van der Waals surface area contributed by atoms with E-state index in [1.54, 1.807) is 36.4 Å². The molecule has 54 heavy (non-hydrogen) atoms. The molecule has 0 fully saturated rings. The third-order valence-electron chi connectivity index (χ3n) is 8.65. The van der Waals surface area contributed by atoms with E-state index >= 15 is 0 Å². The minimum absolute atomic E-state index is 0.0481. The Hall–Kier alpha value is -4.63. The lowest BCUT2D eigenvalue weighted by molar-refractivity contribution is 0.100. The smallest absolute Gasteiger partial charge is 0.255 e. The van der Waals surface area contributed by atoms with Crippen LogP contribution in [0, 0.1) is 11.3 Å². The van der Waals surface area contributed by atoms with E-state index in [0.717, 1.165) is 54.7 Å². The second kappa shape index (κ2) is 18.1. The van der Waals surface area contributed by atoms with Crippen LogP contribution in [-0.4, -0.2) is 42.9 Å². The highest BCUT2D eigenvalue weighted by Gasteiger charge is 2.22. The van der Waals surface area contributed by atoms with Gasteiger partial charge in [-0.2, -0.15) is 5.26 Å². The fraction of sp³-hybridized carbons (Fsp3) is 0.317. The van der Waals surface area contributed by atoms with Crippen molar-refractivity contribution in [1.29, 1.82) is 5.26 Å². The maximum atomic E-state index is 12.8. The zero-order valence-electron chi connectivity index (χ0n) is 30.7. The number of rotatable bonds is 9. The number of nitrogens with one attached hydrogen (secondary N) is 4. The van der Waals surface area contributed by atoms with E-state index in [9.17, 15) is 19.6 Å². The lowest BCUT2D eigenvalue weighted by Gasteiger charge is -2.22. The maximum absolute atomic E-state index is 12.8. The minimum atomic E-state index is -0.375. The second-order valence-corrected chi connectivity index (χ2v) is 14.7. The van der Waals surface area contributed by atoms with Crippen LogP contribution in [-0.2, 0) is 25.9 Å². The molecule has 2 amide bonds. The highest BCUT2D eigenvalue weighted by molar-refractivity contribution is 6.37. The van der Waals surface area contributed by atoms with Crippen LogP contribution in [0.2, 0.25) is 15.1 Å². The molecule has 2 aliphatic rings. The molecule has 2 heterocycles. The molecule has 0 radical (unpaired) electrons. The van der Waals surface area contributed by atoms with E-state index in [4.69, 9.17) is 44.3 Å². The number of amides is 2. The highest BCUT2D eigenvalue weighted by atomic mass is 35.5. The molecule has 0 atom stereocenters. The number of fused-ring (bicyclic) bond motifs is 2. The first-order valence-electron chi connectivity index (χ1n) is 17.6. The quantitative estimate of drug-likeness (QED) is 0.123. The molecule has 2 aliphatic heterocycles. The first-order chi connectivity index (χ1) is 25.7. The summed E-state index contributed by atoms with van der Waals surface area (Å²) in [6, 6.07) is 17.1. The first kappa shape index (κ1) is 40.6. The van der Waals surface area contributed by atoms with E-state index < -0.39 is 0 Å². The van der Waals surface area contributed by atoms with Crippen molar-refractivity contribution in [2.75, 3.05) is 23.7 Å². The normalized spacial score (nSPS) is 13.1. The predicted octanol–water partition coefficient (Wildman–Crippen LogP) is 8.78. The number of carbonyl (C=O) groups is 3. The highest BCUT2D eigenvalue weighted by Crippen LogP contribution is 2.36. The fourth-order valence-corrected chi connectivity index (χ4v) is 7.08. The standard InChI is InChI=1S/C21H22Cl2N2O3.C20H20ClN3O2/c1-11(2)28-19-5-4-13(8-15(19)12(3)26)21(27)25-18-9-17(22)14-6-7-24-10-16(14)20(18)23;1-12(2)26-19-4-3-13(7-14(19)10-22)20(25)24-16-8-15-11-23-6-5-17(15)18(21)9-16/h4-5,8-9,11,24H,6-7,10H2,1-3H3,(H,25,27);3-4,7-9,12,23H,5-6,11H2,1-2H3,(H,24,25). The Morgan fingerprint density at radius 3 is 2.00 bits per heavy atom. The summed E-state index contributed by atoms with van der Waals surface area (Å²) >= 11 is 19.2. The Kier molecular flexibility index (Phi) is 13.6. The molecule has 282 valence electrons. The van der Waals surface area contributed by atoms with Crippen LogP contribution in [0.15, 0.2) is 54.6 Å². The van der Waals surface area contributed by atoms with Gasteiger partial charge in [-0.15, -0.1) is 0 Å². The summed E-state index contributed by atoms with van der Waals surface area (Å²) in [6.45, 7) is 12.0. The maximum Gasteiger partial charge on any atom is 0.255 e. The summed E-state index contributed by atoms with van der Waals surface area (Å²) in [6.07, 6.45) is 1.54. The van der Waals surface area contributed by atoms with Crippen molar-refractivity contribution in [2.45, 2.75) is 72.8 Å². The van der Waals surface area contributed by atoms with Gasteiger partial charge < -0.3 is 30.7 Å². The molecule has 6 rings (SSSR count). The third-order valence-corrected chi connectivity index (χ3v) is 9.75. The van der Waals surface area contributed by atoms with Gasteiger partial charge in [0.15, 0.2) is 5.78 Å². The fourth-order valence-electron chi connectivity index (χ4n) is 6.14. The molecule has 4 N–H and O–H groups in total. The number of ketones is 1. The van der Waals surface area contributed by atoms with Crippen LogP contribution in [0.25, 0.3) is 0 Å². The Balaban J connectivity index is 0.000000208. The largest absolute Gasteiger partial charge is 0.490 e. The van der Waals surface area contributed by atoms with Crippen LogP contribution in [0.4, 0.5) is 11.4 Å². The summed E-state index contributed by atoms with van der Waals surface area (Å²) < 4.78 is 11.2. The summed E-state index contributed by atoms with van der Waals surface area (Å²) in [7, 11) is 0. The average molecular weight is 791 g/mol. The van der Waals surface area contributed by atoms with Crippen LogP contribution >= 0.6 is 34.8 Å². The van der Waals surface area contributed by atoms with E-state index in [-0.39, 0.29) is 29.8 Å². The van der Waals surface area contributed by atoms with Crippen molar-refractivity contribution >= 4 is 63.8 Å². The predicted molar refractivity (Wildman–Crippen MR) is 214 cm³/mol. The number of Topliss-reactive ketones (excluding diaryl/α,β-unsaturated/α-hetero) is 1. The van der Waals surface area contributed by atoms with Crippen molar-refractivity contribution in [3.05, 3.63) is 114 Å².